The SMILES string of the molecule is COc1cc2c(cc1OC)CN(Cn1nc(-c3cccs3)n(C3CC3)c1=S)CC2. The van der Waals surface area contributed by atoms with E-state index in [1.54, 1.807) is 25.6 Å². The van der Waals surface area contributed by atoms with Gasteiger partial charge in [-0.05, 0) is 66.2 Å². The lowest BCUT2D eigenvalue weighted by Gasteiger charge is -2.29. The Bertz CT molecular complexity index is 1080. The number of thiophene rings is 1. The van der Waals surface area contributed by atoms with E-state index >= 15 is 0 Å². The third-order valence-corrected chi connectivity index (χ3v) is 6.93. The van der Waals surface area contributed by atoms with Crippen LogP contribution in [-0.2, 0) is 19.6 Å². The summed E-state index contributed by atoms with van der Waals surface area (Å²) in [7, 11) is 3.36. The quantitative estimate of drug-likeness (QED) is 0.541. The molecule has 3 heterocycles. The largest absolute Gasteiger partial charge is 0.493 e. The molecule has 29 heavy (non-hydrogen) atoms. The highest BCUT2D eigenvalue weighted by molar-refractivity contribution is 7.71. The molecule has 1 saturated carbocycles. The summed E-state index contributed by atoms with van der Waals surface area (Å²) in [6.07, 6.45) is 3.36. The highest BCUT2D eigenvalue weighted by Gasteiger charge is 2.30. The Morgan fingerprint density at radius 1 is 1.17 bits per heavy atom. The van der Waals surface area contributed by atoms with Crippen molar-refractivity contribution in [3.8, 4) is 22.2 Å². The lowest BCUT2D eigenvalue weighted by Crippen LogP contribution is -2.32. The average Bonchev–Trinajstić information content (AvgIpc) is 3.32. The van der Waals surface area contributed by atoms with Gasteiger partial charge in [0.1, 0.15) is 0 Å². The molecule has 152 valence electrons. The second-order valence-corrected chi connectivity index (χ2v) is 8.92. The number of methoxy groups -OCH3 is 2. The molecule has 0 N–H and O–H groups in total. The number of rotatable bonds is 6. The summed E-state index contributed by atoms with van der Waals surface area (Å²) in [4.78, 5) is 3.58. The van der Waals surface area contributed by atoms with Gasteiger partial charge in [0.05, 0.1) is 25.8 Å². The van der Waals surface area contributed by atoms with Gasteiger partial charge in [-0.3, -0.25) is 9.47 Å². The molecule has 0 amide bonds. The Kier molecular flexibility index (Phi) is 4.93. The van der Waals surface area contributed by atoms with Crippen LogP contribution in [0.4, 0.5) is 0 Å². The second-order valence-electron chi connectivity index (χ2n) is 7.60. The van der Waals surface area contributed by atoms with Gasteiger partial charge in [0.15, 0.2) is 22.1 Å². The second kappa shape index (κ2) is 7.59. The molecule has 8 heteroatoms. The summed E-state index contributed by atoms with van der Waals surface area (Å²) in [5.41, 5.74) is 2.60. The van der Waals surface area contributed by atoms with E-state index in [0.29, 0.717) is 12.7 Å². The number of hydrogen-bond donors (Lipinski definition) is 0. The molecular formula is C21H24N4O2S2. The molecule has 1 fully saturated rings. The molecule has 1 aromatic carbocycles. The van der Waals surface area contributed by atoms with E-state index < -0.39 is 0 Å². The molecule has 0 radical (unpaired) electrons. The maximum atomic E-state index is 5.83. The van der Waals surface area contributed by atoms with Crippen molar-refractivity contribution < 1.29 is 9.47 Å². The number of nitrogens with zero attached hydrogens (tertiary/aromatic N) is 4. The van der Waals surface area contributed by atoms with Crippen molar-refractivity contribution in [2.24, 2.45) is 0 Å². The molecule has 2 aliphatic rings. The van der Waals surface area contributed by atoms with Crippen molar-refractivity contribution >= 4 is 23.6 Å². The minimum atomic E-state index is 0.507. The Hall–Kier alpha value is -2.16. The van der Waals surface area contributed by atoms with E-state index in [1.165, 1.54) is 28.8 Å². The number of ether oxygens (including phenoxy) is 2. The van der Waals surface area contributed by atoms with Crippen LogP contribution in [0.5, 0.6) is 11.5 Å². The van der Waals surface area contributed by atoms with Gasteiger partial charge in [0.2, 0.25) is 0 Å². The Balaban J connectivity index is 1.42. The van der Waals surface area contributed by atoms with E-state index in [2.05, 4.69) is 39.1 Å². The summed E-state index contributed by atoms with van der Waals surface area (Å²) in [5, 5.41) is 7.02. The van der Waals surface area contributed by atoms with Gasteiger partial charge in [-0.25, -0.2) is 4.68 Å². The molecule has 2 aromatic heterocycles. The normalized spacial score (nSPS) is 16.6. The number of aromatic nitrogens is 3. The van der Waals surface area contributed by atoms with Crippen LogP contribution in [-0.4, -0.2) is 40.0 Å². The molecule has 3 aromatic rings. The third kappa shape index (κ3) is 3.49. The summed E-state index contributed by atoms with van der Waals surface area (Å²) in [5.74, 6) is 2.59. The van der Waals surface area contributed by atoms with Crippen LogP contribution < -0.4 is 9.47 Å². The van der Waals surface area contributed by atoms with Gasteiger partial charge in [-0.2, -0.15) is 0 Å². The van der Waals surface area contributed by atoms with E-state index in [0.717, 1.165) is 41.6 Å². The van der Waals surface area contributed by atoms with Crippen molar-refractivity contribution in [3.05, 3.63) is 45.5 Å². The first-order chi connectivity index (χ1) is 14.2. The predicted molar refractivity (Wildman–Crippen MR) is 116 cm³/mol. The van der Waals surface area contributed by atoms with Crippen LogP contribution in [0.2, 0.25) is 0 Å². The van der Waals surface area contributed by atoms with Crippen molar-refractivity contribution in [1.29, 1.82) is 0 Å². The zero-order valence-electron chi connectivity index (χ0n) is 16.6. The Labute approximate surface area is 179 Å². The lowest BCUT2D eigenvalue weighted by atomic mass is 9.99. The highest BCUT2D eigenvalue weighted by atomic mass is 32.1. The molecule has 0 spiro atoms. The summed E-state index contributed by atoms with van der Waals surface area (Å²) in [6.45, 7) is 2.52. The molecule has 1 aliphatic carbocycles. The van der Waals surface area contributed by atoms with Gasteiger partial charge in [-0.15, -0.1) is 16.4 Å². The first kappa shape index (κ1) is 18.8. The van der Waals surface area contributed by atoms with Gasteiger partial charge < -0.3 is 9.47 Å². The van der Waals surface area contributed by atoms with Crippen molar-refractivity contribution in [2.45, 2.75) is 38.5 Å². The molecule has 0 unspecified atom stereocenters. The molecule has 0 saturated heterocycles. The third-order valence-electron chi connectivity index (χ3n) is 5.66. The molecule has 0 bridgehead atoms. The van der Waals surface area contributed by atoms with E-state index in [1.807, 2.05) is 4.68 Å². The fourth-order valence-electron chi connectivity index (χ4n) is 4.00. The van der Waals surface area contributed by atoms with Gasteiger partial charge >= 0.3 is 0 Å². The van der Waals surface area contributed by atoms with Gasteiger partial charge in [0.25, 0.3) is 0 Å². The smallest absolute Gasteiger partial charge is 0.199 e. The predicted octanol–water partition coefficient (Wildman–Crippen LogP) is 4.51. The minimum absolute atomic E-state index is 0.507. The lowest BCUT2D eigenvalue weighted by molar-refractivity contribution is 0.187. The molecular weight excluding hydrogens is 404 g/mol. The maximum Gasteiger partial charge on any atom is 0.199 e. The highest BCUT2D eigenvalue weighted by Crippen LogP contribution is 2.39. The van der Waals surface area contributed by atoms with Gasteiger partial charge in [-0.1, -0.05) is 6.07 Å². The summed E-state index contributed by atoms with van der Waals surface area (Å²) < 4.78 is 16.0. The maximum absolute atomic E-state index is 5.83. The van der Waals surface area contributed by atoms with Crippen molar-refractivity contribution in [1.82, 2.24) is 19.2 Å². The molecule has 6 nitrogen and oxygen atoms in total. The van der Waals surface area contributed by atoms with Crippen molar-refractivity contribution in [2.75, 3.05) is 20.8 Å². The Morgan fingerprint density at radius 3 is 2.59 bits per heavy atom. The monoisotopic (exact) mass is 428 g/mol. The van der Waals surface area contributed by atoms with Crippen LogP contribution in [0.25, 0.3) is 10.7 Å². The summed E-state index contributed by atoms with van der Waals surface area (Å²) in [6, 6.07) is 8.91. The van der Waals surface area contributed by atoms with E-state index in [4.69, 9.17) is 26.8 Å². The zero-order valence-corrected chi connectivity index (χ0v) is 18.3. The average molecular weight is 429 g/mol. The van der Waals surface area contributed by atoms with Crippen LogP contribution >= 0.6 is 23.6 Å². The summed E-state index contributed by atoms with van der Waals surface area (Å²) >= 11 is 7.55. The standard InChI is InChI=1S/C21H24N4O2S2/c1-26-17-10-14-7-8-23(12-15(14)11-18(17)27-2)13-24-21(28)25(16-5-6-16)20(22-24)19-4-3-9-29-19/h3-4,9-11,16H,5-8,12-13H2,1-2H3. The van der Waals surface area contributed by atoms with Crippen LogP contribution in [0.3, 0.4) is 0 Å². The minimum Gasteiger partial charge on any atom is -0.493 e. The van der Waals surface area contributed by atoms with Crippen LogP contribution in [0, 0.1) is 4.77 Å². The Morgan fingerprint density at radius 2 is 1.93 bits per heavy atom. The first-order valence-corrected chi connectivity index (χ1v) is 11.2. The first-order valence-electron chi connectivity index (χ1n) is 9.87. The molecule has 1 aliphatic heterocycles. The van der Waals surface area contributed by atoms with Gasteiger partial charge in [0, 0.05) is 19.1 Å². The topological polar surface area (TPSA) is 44.5 Å². The number of hydrogen-bond acceptors (Lipinski definition) is 6. The fraction of sp³-hybridized carbons (Fsp3) is 0.429. The van der Waals surface area contributed by atoms with Crippen molar-refractivity contribution in [3.63, 3.8) is 0 Å². The van der Waals surface area contributed by atoms with Crippen LogP contribution in [0.1, 0.15) is 30.0 Å². The molecule has 5 rings (SSSR count). The fourth-order valence-corrected chi connectivity index (χ4v) is 5.04. The van der Waals surface area contributed by atoms with Crippen LogP contribution in [0.15, 0.2) is 29.6 Å². The van der Waals surface area contributed by atoms with E-state index in [9.17, 15) is 0 Å². The molecule has 0 atom stereocenters. The number of fused-ring (bicyclic) bond motifs is 1. The number of benzene rings is 1. The zero-order chi connectivity index (χ0) is 20.0. The van der Waals surface area contributed by atoms with E-state index in [-0.39, 0.29) is 0 Å².